The Morgan fingerprint density at radius 2 is 2.50 bits per heavy atom. The molecule has 0 aliphatic carbocycles. The van der Waals surface area contributed by atoms with E-state index >= 15 is 0 Å². The molecule has 0 aromatic carbocycles. The first-order valence-corrected chi connectivity index (χ1v) is 5.95. The van der Waals surface area contributed by atoms with E-state index in [1.54, 1.807) is 17.4 Å². The SMILES string of the molecule is C=CCN(CCc1scnc1C)CC(=O)O. The third-order valence-electron chi connectivity index (χ3n) is 2.25. The lowest BCUT2D eigenvalue weighted by atomic mass is 10.3. The first-order valence-electron chi connectivity index (χ1n) is 5.07. The lowest BCUT2D eigenvalue weighted by Gasteiger charge is -2.17. The molecule has 0 bridgehead atoms. The van der Waals surface area contributed by atoms with Crippen LogP contribution in [-0.4, -0.2) is 40.6 Å². The van der Waals surface area contributed by atoms with Crippen LogP contribution < -0.4 is 0 Å². The van der Waals surface area contributed by atoms with Gasteiger partial charge in [-0.3, -0.25) is 9.69 Å². The van der Waals surface area contributed by atoms with Crippen LogP contribution in [0.5, 0.6) is 0 Å². The Morgan fingerprint density at radius 3 is 3.00 bits per heavy atom. The summed E-state index contributed by atoms with van der Waals surface area (Å²) in [6.07, 6.45) is 2.57. The highest BCUT2D eigenvalue weighted by atomic mass is 32.1. The molecular formula is C11H16N2O2S. The average Bonchev–Trinajstić information content (AvgIpc) is 2.60. The summed E-state index contributed by atoms with van der Waals surface area (Å²) in [7, 11) is 0. The molecule has 0 radical (unpaired) electrons. The van der Waals surface area contributed by atoms with Gasteiger partial charge in [0.05, 0.1) is 17.7 Å². The fourth-order valence-electron chi connectivity index (χ4n) is 1.43. The van der Waals surface area contributed by atoms with Crippen molar-refractivity contribution >= 4 is 17.3 Å². The summed E-state index contributed by atoms with van der Waals surface area (Å²) in [5, 5.41) is 8.74. The van der Waals surface area contributed by atoms with Crippen LogP contribution in [0, 0.1) is 6.92 Å². The van der Waals surface area contributed by atoms with Crippen molar-refractivity contribution in [2.24, 2.45) is 0 Å². The number of carbonyl (C=O) groups is 1. The van der Waals surface area contributed by atoms with Gasteiger partial charge in [-0.1, -0.05) is 6.08 Å². The number of carboxylic acids is 1. The van der Waals surface area contributed by atoms with Crippen molar-refractivity contribution in [3.05, 3.63) is 28.7 Å². The monoisotopic (exact) mass is 240 g/mol. The van der Waals surface area contributed by atoms with Gasteiger partial charge in [0.1, 0.15) is 0 Å². The number of thiazole rings is 1. The Balaban J connectivity index is 2.46. The van der Waals surface area contributed by atoms with Gasteiger partial charge < -0.3 is 5.11 Å². The van der Waals surface area contributed by atoms with Crippen LogP contribution in [0.1, 0.15) is 10.6 Å². The molecule has 1 aromatic heterocycles. The van der Waals surface area contributed by atoms with E-state index in [9.17, 15) is 4.79 Å². The summed E-state index contributed by atoms with van der Waals surface area (Å²) in [6, 6.07) is 0. The van der Waals surface area contributed by atoms with Gasteiger partial charge in [0.25, 0.3) is 0 Å². The van der Waals surface area contributed by atoms with Crippen LogP contribution in [0.3, 0.4) is 0 Å². The van der Waals surface area contributed by atoms with Crippen molar-refractivity contribution in [3.8, 4) is 0 Å². The topological polar surface area (TPSA) is 53.4 Å². The second-order valence-corrected chi connectivity index (χ2v) is 4.47. The molecule has 0 unspecified atom stereocenters. The van der Waals surface area contributed by atoms with Crippen molar-refractivity contribution < 1.29 is 9.90 Å². The number of carboxylic acid groups (broad SMARTS) is 1. The zero-order valence-corrected chi connectivity index (χ0v) is 10.2. The van der Waals surface area contributed by atoms with Gasteiger partial charge >= 0.3 is 5.97 Å². The van der Waals surface area contributed by atoms with E-state index in [0.29, 0.717) is 6.54 Å². The quantitative estimate of drug-likeness (QED) is 0.735. The third kappa shape index (κ3) is 4.12. The number of nitrogens with zero attached hydrogens (tertiary/aromatic N) is 2. The standard InChI is InChI=1S/C11H16N2O2S/c1-3-5-13(7-11(14)15)6-4-10-9(2)12-8-16-10/h3,8H,1,4-7H2,2H3,(H,14,15). The van der Waals surface area contributed by atoms with Crippen molar-refractivity contribution in [3.63, 3.8) is 0 Å². The molecule has 0 atom stereocenters. The summed E-state index contributed by atoms with van der Waals surface area (Å²) in [5.74, 6) is -0.803. The highest BCUT2D eigenvalue weighted by molar-refractivity contribution is 7.09. The Morgan fingerprint density at radius 1 is 1.75 bits per heavy atom. The van der Waals surface area contributed by atoms with Crippen molar-refractivity contribution in [2.45, 2.75) is 13.3 Å². The zero-order valence-electron chi connectivity index (χ0n) is 9.35. The second kappa shape index (κ2) is 6.40. The minimum Gasteiger partial charge on any atom is -0.480 e. The summed E-state index contributed by atoms with van der Waals surface area (Å²) >= 11 is 1.62. The summed E-state index contributed by atoms with van der Waals surface area (Å²) in [4.78, 5) is 17.9. The van der Waals surface area contributed by atoms with E-state index < -0.39 is 5.97 Å². The minimum absolute atomic E-state index is 0.0594. The molecule has 0 aliphatic rings. The maximum absolute atomic E-state index is 10.6. The molecule has 0 saturated carbocycles. The van der Waals surface area contributed by atoms with Crippen LogP contribution >= 0.6 is 11.3 Å². The molecule has 0 aliphatic heterocycles. The maximum Gasteiger partial charge on any atom is 0.317 e. The van der Waals surface area contributed by atoms with Gasteiger partial charge in [0.2, 0.25) is 0 Å². The Hall–Kier alpha value is -1.20. The predicted molar refractivity (Wildman–Crippen MR) is 64.8 cm³/mol. The molecule has 0 fully saturated rings. The van der Waals surface area contributed by atoms with Gasteiger partial charge in [-0.05, 0) is 13.3 Å². The molecule has 0 amide bonds. The van der Waals surface area contributed by atoms with Gasteiger partial charge in [-0.25, -0.2) is 4.98 Å². The van der Waals surface area contributed by atoms with E-state index in [4.69, 9.17) is 5.11 Å². The lowest BCUT2D eigenvalue weighted by Crippen LogP contribution is -2.31. The molecular weight excluding hydrogens is 224 g/mol. The van der Waals surface area contributed by atoms with E-state index in [1.807, 2.05) is 17.3 Å². The van der Waals surface area contributed by atoms with Gasteiger partial charge in [-0.2, -0.15) is 0 Å². The van der Waals surface area contributed by atoms with Crippen molar-refractivity contribution in [1.82, 2.24) is 9.88 Å². The average molecular weight is 240 g/mol. The number of aromatic nitrogens is 1. The highest BCUT2D eigenvalue weighted by Crippen LogP contribution is 2.13. The zero-order chi connectivity index (χ0) is 12.0. The number of hydrogen-bond acceptors (Lipinski definition) is 4. The minimum atomic E-state index is -0.803. The molecule has 0 saturated heterocycles. The maximum atomic E-state index is 10.6. The molecule has 5 heteroatoms. The molecule has 4 nitrogen and oxygen atoms in total. The van der Waals surface area contributed by atoms with E-state index in [2.05, 4.69) is 11.6 Å². The van der Waals surface area contributed by atoms with E-state index in [0.717, 1.165) is 18.7 Å². The molecule has 1 N–H and O–H groups in total. The lowest BCUT2D eigenvalue weighted by molar-refractivity contribution is -0.138. The van der Waals surface area contributed by atoms with E-state index in [-0.39, 0.29) is 6.54 Å². The summed E-state index contributed by atoms with van der Waals surface area (Å²) < 4.78 is 0. The first kappa shape index (κ1) is 12.9. The molecule has 1 rings (SSSR count). The van der Waals surface area contributed by atoms with E-state index in [1.165, 1.54) is 4.88 Å². The molecule has 88 valence electrons. The normalized spacial score (nSPS) is 10.6. The van der Waals surface area contributed by atoms with Crippen LogP contribution in [0.2, 0.25) is 0 Å². The summed E-state index contributed by atoms with van der Waals surface area (Å²) in [6.45, 7) is 6.98. The largest absolute Gasteiger partial charge is 0.480 e. The number of aryl methyl sites for hydroxylation is 1. The van der Waals surface area contributed by atoms with Crippen LogP contribution in [0.15, 0.2) is 18.2 Å². The summed E-state index contributed by atoms with van der Waals surface area (Å²) in [5.41, 5.74) is 2.86. The predicted octanol–water partition coefficient (Wildman–Crippen LogP) is 1.57. The Labute approximate surface area is 99.2 Å². The Kier molecular flexibility index (Phi) is 5.14. The third-order valence-corrected chi connectivity index (χ3v) is 3.24. The molecule has 1 aromatic rings. The fraction of sp³-hybridized carbons (Fsp3) is 0.455. The van der Waals surface area contributed by atoms with Crippen LogP contribution in [0.25, 0.3) is 0 Å². The van der Waals surface area contributed by atoms with Crippen molar-refractivity contribution in [1.29, 1.82) is 0 Å². The van der Waals surface area contributed by atoms with Crippen LogP contribution in [-0.2, 0) is 11.2 Å². The second-order valence-electron chi connectivity index (χ2n) is 3.53. The van der Waals surface area contributed by atoms with Crippen molar-refractivity contribution in [2.75, 3.05) is 19.6 Å². The molecule has 16 heavy (non-hydrogen) atoms. The Bertz CT molecular complexity index is 363. The fourth-order valence-corrected chi connectivity index (χ4v) is 2.21. The first-order chi connectivity index (χ1) is 7.63. The van der Waals surface area contributed by atoms with Gasteiger partial charge in [-0.15, -0.1) is 17.9 Å². The number of hydrogen-bond donors (Lipinski definition) is 1. The highest BCUT2D eigenvalue weighted by Gasteiger charge is 2.09. The number of rotatable bonds is 7. The molecule has 1 heterocycles. The smallest absolute Gasteiger partial charge is 0.317 e. The number of aliphatic carboxylic acids is 1. The van der Waals surface area contributed by atoms with Crippen LogP contribution in [0.4, 0.5) is 0 Å². The van der Waals surface area contributed by atoms with Gasteiger partial charge in [0.15, 0.2) is 0 Å². The van der Waals surface area contributed by atoms with Gasteiger partial charge in [0, 0.05) is 18.0 Å². The molecule has 0 spiro atoms.